The number of likely N-dealkylation sites (tertiary alicyclic amines) is 1. The zero-order valence-corrected chi connectivity index (χ0v) is 15.2. The van der Waals surface area contributed by atoms with Gasteiger partial charge in [0.05, 0.1) is 26.2 Å². The van der Waals surface area contributed by atoms with E-state index in [1.54, 1.807) is 4.90 Å². The number of aliphatic hydroxyl groups is 1. The highest BCUT2D eigenvalue weighted by Gasteiger charge is 2.47. The van der Waals surface area contributed by atoms with Crippen LogP contribution in [0.15, 0.2) is 30.3 Å². The fourth-order valence-electron chi connectivity index (χ4n) is 4.45. The second-order valence-electron chi connectivity index (χ2n) is 7.66. The molecule has 0 spiro atoms. The summed E-state index contributed by atoms with van der Waals surface area (Å²) in [5.74, 6) is -0.498. The molecule has 1 unspecified atom stereocenters. The van der Waals surface area contributed by atoms with Crippen LogP contribution in [-0.4, -0.2) is 37.3 Å². The molecule has 1 saturated carbocycles. The van der Waals surface area contributed by atoms with E-state index in [1.165, 1.54) is 32.4 Å². The van der Waals surface area contributed by atoms with E-state index in [2.05, 4.69) is 0 Å². The second kappa shape index (κ2) is 8.81. The molecule has 0 radical (unpaired) electrons. The third kappa shape index (κ3) is 4.42. The van der Waals surface area contributed by atoms with Gasteiger partial charge in [0.2, 0.25) is 0 Å². The molecule has 0 aromatic heterocycles. The average Bonchev–Trinajstić information content (AvgIpc) is 3.19. The van der Waals surface area contributed by atoms with Gasteiger partial charge in [0, 0.05) is 25.2 Å². The predicted octanol–water partition coefficient (Wildman–Crippen LogP) is 2.07. The molecule has 1 aromatic rings. The van der Waals surface area contributed by atoms with Crippen LogP contribution in [-0.2, 0) is 15.1 Å². The Kier molecular flexibility index (Phi) is 6.49. The Bertz CT molecular complexity index is 535. The van der Waals surface area contributed by atoms with Crippen LogP contribution in [0.4, 0.5) is 0 Å². The van der Waals surface area contributed by atoms with Gasteiger partial charge >= 0.3 is 5.97 Å². The van der Waals surface area contributed by atoms with Crippen molar-refractivity contribution in [2.45, 2.75) is 57.0 Å². The molecule has 1 aromatic carbocycles. The van der Waals surface area contributed by atoms with Gasteiger partial charge in [0.25, 0.3) is 0 Å². The van der Waals surface area contributed by atoms with Crippen LogP contribution in [0.2, 0.25) is 0 Å². The lowest BCUT2D eigenvalue weighted by molar-refractivity contribution is -0.887. The molecule has 1 heterocycles. The normalized spacial score (nSPS) is 21.8. The van der Waals surface area contributed by atoms with Crippen LogP contribution >= 0.6 is 0 Å². The molecular weight excluding hydrogens is 314 g/mol. The monoisotopic (exact) mass is 346 g/mol. The van der Waals surface area contributed by atoms with E-state index >= 15 is 0 Å². The van der Waals surface area contributed by atoms with E-state index in [0.717, 1.165) is 38.6 Å². The molecule has 1 atom stereocenters. The molecule has 1 aliphatic heterocycles. The summed E-state index contributed by atoms with van der Waals surface area (Å²) in [4.78, 5) is 14.5. The van der Waals surface area contributed by atoms with E-state index < -0.39 is 11.6 Å². The number of hydrogen-bond acceptors (Lipinski definition) is 3. The standard InChI is InChI=1S/C21H31NO3/c23-20(25-17-9-16-22-14-7-8-15-22)21(24,18-10-3-1-4-11-18)19-12-5-2-6-13-19/h1,3-4,10-11,19,24H,2,5-9,12-17H2/p+1. The van der Waals surface area contributed by atoms with Crippen LogP contribution in [0.1, 0.15) is 56.9 Å². The number of nitrogens with one attached hydrogen (secondary N) is 1. The molecule has 0 bridgehead atoms. The Labute approximate surface area is 151 Å². The lowest BCUT2D eigenvalue weighted by Gasteiger charge is -2.36. The number of esters is 1. The van der Waals surface area contributed by atoms with Crippen molar-refractivity contribution in [2.24, 2.45) is 5.92 Å². The fourth-order valence-corrected chi connectivity index (χ4v) is 4.45. The molecule has 138 valence electrons. The van der Waals surface area contributed by atoms with Crippen LogP contribution < -0.4 is 4.90 Å². The van der Waals surface area contributed by atoms with Crippen molar-refractivity contribution in [3.8, 4) is 0 Å². The minimum atomic E-state index is -1.50. The largest absolute Gasteiger partial charge is 0.463 e. The van der Waals surface area contributed by atoms with Crippen LogP contribution in [0.5, 0.6) is 0 Å². The first-order valence-electron chi connectivity index (χ1n) is 10.00. The van der Waals surface area contributed by atoms with Crippen LogP contribution in [0.3, 0.4) is 0 Å². The quantitative estimate of drug-likeness (QED) is 0.587. The van der Waals surface area contributed by atoms with Gasteiger partial charge in [0.15, 0.2) is 5.60 Å². The second-order valence-corrected chi connectivity index (χ2v) is 7.66. The van der Waals surface area contributed by atoms with Crippen molar-refractivity contribution < 1.29 is 19.5 Å². The maximum absolute atomic E-state index is 12.9. The Balaban J connectivity index is 1.62. The summed E-state index contributed by atoms with van der Waals surface area (Å²) in [5.41, 5.74) is -0.820. The summed E-state index contributed by atoms with van der Waals surface area (Å²) in [6, 6.07) is 9.38. The van der Waals surface area contributed by atoms with E-state index in [0.29, 0.717) is 12.2 Å². The van der Waals surface area contributed by atoms with Gasteiger partial charge in [-0.05, 0) is 18.4 Å². The highest BCUT2D eigenvalue weighted by Crippen LogP contribution is 2.40. The van der Waals surface area contributed by atoms with Gasteiger partial charge in [0.1, 0.15) is 0 Å². The molecule has 3 rings (SSSR count). The molecule has 0 amide bonds. The summed E-state index contributed by atoms with van der Waals surface area (Å²) < 4.78 is 5.57. The number of hydrogen-bond donors (Lipinski definition) is 2. The van der Waals surface area contributed by atoms with Crippen molar-refractivity contribution >= 4 is 5.97 Å². The van der Waals surface area contributed by atoms with Gasteiger partial charge in [-0.3, -0.25) is 0 Å². The van der Waals surface area contributed by atoms with Crippen LogP contribution in [0, 0.1) is 5.92 Å². The third-order valence-corrected chi connectivity index (χ3v) is 5.94. The minimum absolute atomic E-state index is 0.0413. The average molecular weight is 346 g/mol. The van der Waals surface area contributed by atoms with Crippen molar-refractivity contribution in [3.05, 3.63) is 35.9 Å². The molecule has 4 nitrogen and oxygen atoms in total. The highest BCUT2D eigenvalue weighted by molar-refractivity contribution is 5.81. The first-order chi connectivity index (χ1) is 12.2. The highest BCUT2D eigenvalue weighted by atomic mass is 16.5. The lowest BCUT2D eigenvalue weighted by atomic mass is 9.73. The minimum Gasteiger partial charge on any atom is -0.463 e. The van der Waals surface area contributed by atoms with Crippen molar-refractivity contribution in [1.82, 2.24) is 0 Å². The van der Waals surface area contributed by atoms with E-state index in [-0.39, 0.29) is 5.92 Å². The van der Waals surface area contributed by atoms with Crippen molar-refractivity contribution in [3.63, 3.8) is 0 Å². The number of carbonyl (C=O) groups is 1. The molecule has 2 N–H and O–H groups in total. The van der Waals surface area contributed by atoms with E-state index in [1.807, 2.05) is 30.3 Å². The number of benzene rings is 1. The third-order valence-electron chi connectivity index (χ3n) is 5.94. The first-order valence-corrected chi connectivity index (χ1v) is 10.00. The molecule has 2 aliphatic rings. The summed E-state index contributed by atoms with van der Waals surface area (Å²) in [5, 5.41) is 11.4. The van der Waals surface area contributed by atoms with Crippen LogP contribution in [0.25, 0.3) is 0 Å². The number of rotatable bonds is 7. The first kappa shape index (κ1) is 18.4. The Morgan fingerprint density at radius 2 is 1.76 bits per heavy atom. The topological polar surface area (TPSA) is 51.0 Å². The van der Waals surface area contributed by atoms with E-state index in [9.17, 15) is 9.90 Å². The molecule has 25 heavy (non-hydrogen) atoms. The predicted molar refractivity (Wildman–Crippen MR) is 97.3 cm³/mol. The Hall–Kier alpha value is -1.39. The number of carbonyl (C=O) groups excluding carboxylic acids is 1. The van der Waals surface area contributed by atoms with E-state index in [4.69, 9.17) is 4.74 Å². The zero-order chi connectivity index (χ0) is 17.5. The maximum Gasteiger partial charge on any atom is 0.343 e. The van der Waals surface area contributed by atoms with Gasteiger partial charge in [-0.15, -0.1) is 0 Å². The molecule has 1 aliphatic carbocycles. The van der Waals surface area contributed by atoms with Gasteiger partial charge in [-0.1, -0.05) is 49.6 Å². The summed E-state index contributed by atoms with van der Waals surface area (Å²) in [6.07, 6.45) is 8.61. The number of ether oxygens (including phenoxy) is 1. The maximum atomic E-state index is 12.9. The Morgan fingerprint density at radius 1 is 1.08 bits per heavy atom. The summed E-state index contributed by atoms with van der Waals surface area (Å²) >= 11 is 0. The smallest absolute Gasteiger partial charge is 0.343 e. The lowest BCUT2D eigenvalue weighted by Crippen LogP contribution is -3.10. The summed E-state index contributed by atoms with van der Waals surface area (Å²) in [7, 11) is 0. The van der Waals surface area contributed by atoms with Gasteiger partial charge in [-0.25, -0.2) is 4.79 Å². The van der Waals surface area contributed by atoms with Gasteiger partial charge in [-0.2, -0.15) is 0 Å². The molecule has 2 fully saturated rings. The zero-order valence-electron chi connectivity index (χ0n) is 15.2. The Morgan fingerprint density at radius 3 is 2.44 bits per heavy atom. The fraction of sp³-hybridized carbons (Fsp3) is 0.667. The van der Waals surface area contributed by atoms with Crippen molar-refractivity contribution in [1.29, 1.82) is 0 Å². The van der Waals surface area contributed by atoms with Gasteiger partial charge < -0.3 is 14.7 Å². The SMILES string of the molecule is O=C(OCCC[NH+]1CCCC1)C(O)(c1ccccc1)C1CCCCC1. The molecule has 1 saturated heterocycles. The van der Waals surface area contributed by atoms with Crippen molar-refractivity contribution in [2.75, 3.05) is 26.2 Å². The number of quaternary nitrogens is 1. The molecular formula is C21H32NO3+. The summed E-state index contributed by atoms with van der Waals surface area (Å²) in [6.45, 7) is 3.94. The molecule has 4 heteroatoms.